The van der Waals surface area contributed by atoms with Gasteiger partial charge in [-0.2, -0.15) is 0 Å². The summed E-state index contributed by atoms with van der Waals surface area (Å²) in [5, 5.41) is 3.37. The predicted molar refractivity (Wildman–Crippen MR) is 72.1 cm³/mol. The van der Waals surface area contributed by atoms with Crippen molar-refractivity contribution in [3.05, 3.63) is 34.4 Å². The van der Waals surface area contributed by atoms with E-state index in [1.54, 1.807) is 0 Å². The Morgan fingerprint density at radius 2 is 1.89 bits per heavy atom. The van der Waals surface area contributed by atoms with Crippen molar-refractivity contribution < 1.29 is 9.53 Å². The summed E-state index contributed by atoms with van der Waals surface area (Å²) < 4.78 is 4.85. The van der Waals surface area contributed by atoms with Crippen molar-refractivity contribution in [3.63, 3.8) is 0 Å². The number of carbonyl (C=O) groups is 1. The van der Waals surface area contributed by atoms with Crippen LogP contribution in [0, 0.1) is 13.8 Å². The molecule has 1 fully saturated rings. The van der Waals surface area contributed by atoms with E-state index in [4.69, 9.17) is 4.74 Å². The molecule has 0 bridgehead atoms. The van der Waals surface area contributed by atoms with Gasteiger partial charge < -0.3 is 10.1 Å². The normalized spacial score (nSPS) is 16.6. The van der Waals surface area contributed by atoms with E-state index in [0.29, 0.717) is 11.5 Å². The molecule has 3 nitrogen and oxygen atoms in total. The van der Waals surface area contributed by atoms with Gasteiger partial charge in [-0.3, -0.25) is 0 Å². The highest BCUT2D eigenvalue weighted by Gasteiger charge is 2.20. The minimum absolute atomic E-state index is 0.234. The molecule has 0 aliphatic carbocycles. The number of piperidine rings is 1. The fourth-order valence-corrected chi connectivity index (χ4v) is 2.77. The molecule has 0 atom stereocenters. The third kappa shape index (κ3) is 2.56. The van der Waals surface area contributed by atoms with Crippen LogP contribution >= 0.6 is 0 Å². The molecule has 1 aromatic rings. The van der Waals surface area contributed by atoms with Gasteiger partial charge in [0, 0.05) is 0 Å². The smallest absolute Gasteiger partial charge is 0.338 e. The van der Waals surface area contributed by atoms with Crippen molar-refractivity contribution in [1.82, 2.24) is 5.32 Å². The second kappa shape index (κ2) is 5.53. The monoisotopic (exact) mass is 247 g/mol. The topological polar surface area (TPSA) is 38.3 Å². The van der Waals surface area contributed by atoms with Crippen LogP contribution in [0.25, 0.3) is 0 Å². The van der Waals surface area contributed by atoms with Gasteiger partial charge in [-0.25, -0.2) is 4.79 Å². The largest absolute Gasteiger partial charge is 0.465 e. The first-order valence-corrected chi connectivity index (χ1v) is 6.53. The summed E-state index contributed by atoms with van der Waals surface area (Å²) in [5.74, 6) is 0.331. The zero-order chi connectivity index (χ0) is 13.1. The van der Waals surface area contributed by atoms with Gasteiger partial charge >= 0.3 is 5.97 Å². The van der Waals surface area contributed by atoms with Gasteiger partial charge in [-0.05, 0) is 68.5 Å². The fourth-order valence-electron chi connectivity index (χ4n) is 2.77. The van der Waals surface area contributed by atoms with Gasteiger partial charge in [0.15, 0.2) is 0 Å². The van der Waals surface area contributed by atoms with Gasteiger partial charge in [0.05, 0.1) is 12.7 Å². The summed E-state index contributed by atoms with van der Waals surface area (Å²) in [7, 11) is 1.44. The quantitative estimate of drug-likeness (QED) is 0.816. The minimum Gasteiger partial charge on any atom is -0.465 e. The molecule has 1 aromatic carbocycles. The van der Waals surface area contributed by atoms with Crippen molar-refractivity contribution in [3.8, 4) is 0 Å². The Hall–Kier alpha value is -1.35. The second-order valence-corrected chi connectivity index (χ2v) is 5.04. The van der Waals surface area contributed by atoms with Crippen molar-refractivity contribution in [1.29, 1.82) is 0 Å². The minimum atomic E-state index is -0.234. The maximum Gasteiger partial charge on any atom is 0.338 e. The van der Waals surface area contributed by atoms with Crippen LogP contribution in [0.5, 0.6) is 0 Å². The number of aryl methyl sites for hydroxylation is 2. The first kappa shape index (κ1) is 13.1. The molecular formula is C15H21NO2. The number of hydrogen-bond acceptors (Lipinski definition) is 3. The molecule has 0 saturated carbocycles. The highest BCUT2D eigenvalue weighted by molar-refractivity contribution is 5.91. The van der Waals surface area contributed by atoms with E-state index in [1.807, 2.05) is 13.0 Å². The summed E-state index contributed by atoms with van der Waals surface area (Å²) in [6.07, 6.45) is 2.29. The molecule has 1 aliphatic heterocycles. The number of rotatable bonds is 2. The van der Waals surface area contributed by atoms with Crippen LogP contribution in [0.1, 0.15) is 45.8 Å². The first-order valence-electron chi connectivity index (χ1n) is 6.53. The van der Waals surface area contributed by atoms with Gasteiger partial charge in [0.1, 0.15) is 0 Å². The molecule has 1 N–H and O–H groups in total. The van der Waals surface area contributed by atoms with Crippen LogP contribution in [0.4, 0.5) is 0 Å². The summed E-state index contributed by atoms with van der Waals surface area (Å²) >= 11 is 0. The van der Waals surface area contributed by atoms with Crippen LogP contribution in [0.2, 0.25) is 0 Å². The average molecular weight is 247 g/mol. The van der Waals surface area contributed by atoms with Crippen molar-refractivity contribution in [2.75, 3.05) is 20.2 Å². The molecule has 1 heterocycles. The van der Waals surface area contributed by atoms with E-state index in [0.717, 1.165) is 31.5 Å². The lowest BCUT2D eigenvalue weighted by Crippen LogP contribution is -2.27. The molecular weight excluding hydrogens is 226 g/mol. The van der Waals surface area contributed by atoms with Crippen molar-refractivity contribution in [2.45, 2.75) is 32.6 Å². The summed E-state index contributed by atoms with van der Waals surface area (Å²) in [6, 6.07) is 4.14. The number of nitrogens with one attached hydrogen (secondary N) is 1. The number of hydrogen-bond donors (Lipinski definition) is 1. The SMILES string of the molecule is COC(=O)c1cc(C2CCNCC2)c(C)cc1C. The molecule has 0 spiro atoms. The van der Waals surface area contributed by atoms with Gasteiger partial charge in [0.2, 0.25) is 0 Å². The van der Waals surface area contributed by atoms with E-state index in [9.17, 15) is 4.79 Å². The van der Waals surface area contributed by atoms with Crippen LogP contribution in [-0.4, -0.2) is 26.2 Å². The second-order valence-electron chi connectivity index (χ2n) is 5.04. The third-order valence-electron chi connectivity index (χ3n) is 3.80. The van der Waals surface area contributed by atoms with Gasteiger partial charge in [0.25, 0.3) is 0 Å². The zero-order valence-corrected chi connectivity index (χ0v) is 11.4. The maximum absolute atomic E-state index is 11.7. The lowest BCUT2D eigenvalue weighted by atomic mass is 9.85. The Morgan fingerprint density at radius 1 is 1.22 bits per heavy atom. The number of methoxy groups -OCH3 is 1. The van der Waals surface area contributed by atoms with Crippen molar-refractivity contribution >= 4 is 5.97 Å². The van der Waals surface area contributed by atoms with Crippen LogP contribution < -0.4 is 5.32 Å². The van der Waals surface area contributed by atoms with Crippen LogP contribution in [-0.2, 0) is 4.74 Å². The lowest BCUT2D eigenvalue weighted by Gasteiger charge is -2.25. The Kier molecular flexibility index (Phi) is 4.02. The summed E-state index contributed by atoms with van der Waals surface area (Å²) in [4.78, 5) is 11.7. The van der Waals surface area contributed by atoms with Crippen LogP contribution in [0.15, 0.2) is 12.1 Å². The maximum atomic E-state index is 11.7. The first-order chi connectivity index (χ1) is 8.63. The molecule has 0 amide bonds. The third-order valence-corrected chi connectivity index (χ3v) is 3.80. The molecule has 1 saturated heterocycles. The Balaban J connectivity index is 2.37. The van der Waals surface area contributed by atoms with E-state index < -0.39 is 0 Å². The van der Waals surface area contributed by atoms with E-state index in [2.05, 4.69) is 18.3 Å². The van der Waals surface area contributed by atoms with E-state index in [-0.39, 0.29) is 5.97 Å². The Bertz CT molecular complexity index is 448. The Labute approximate surface area is 109 Å². The summed E-state index contributed by atoms with van der Waals surface area (Å²) in [5.41, 5.74) is 4.29. The highest BCUT2D eigenvalue weighted by Crippen LogP contribution is 2.30. The number of carbonyl (C=O) groups excluding carboxylic acids is 1. The van der Waals surface area contributed by atoms with Gasteiger partial charge in [-0.15, -0.1) is 0 Å². The molecule has 0 aromatic heterocycles. The average Bonchev–Trinajstić information content (AvgIpc) is 2.39. The van der Waals surface area contributed by atoms with E-state index in [1.165, 1.54) is 18.2 Å². The van der Waals surface area contributed by atoms with Crippen molar-refractivity contribution in [2.24, 2.45) is 0 Å². The standard InChI is InChI=1S/C15H21NO2/c1-10-8-11(2)14(15(17)18-3)9-13(10)12-4-6-16-7-5-12/h8-9,12,16H,4-7H2,1-3H3. The van der Waals surface area contributed by atoms with Crippen LogP contribution in [0.3, 0.4) is 0 Å². The van der Waals surface area contributed by atoms with Gasteiger partial charge in [-0.1, -0.05) is 6.07 Å². The Morgan fingerprint density at radius 3 is 2.50 bits per heavy atom. The molecule has 0 unspecified atom stereocenters. The molecule has 3 heteroatoms. The lowest BCUT2D eigenvalue weighted by molar-refractivity contribution is 0.0599. The highest BCUT2D eigenvalue weighted by atomic mass is 16.5. The molecule has 0 radical (unpaired) electrons. The fraction of sp³-hybridized carbons (Fsp3) is 0.533. The number of ether oxygens (including phenoxy) is 1. The molecule has 18 heavy (non-hydrogen) atoms. The number of esters is 1. The number of benzene rings is 1. The molecule has 2 rings (SSSR count). The zero-order valence-electron chi connectivity index (χ0n) is 11.4. The molecule has 1 aliphatic rings. The van der Waals surface area contributed by atoms with E-state index >= 15 is 0 Å². The summed E-state index contributed by atoms with van der Waals surface area (Å²) in [6.45, 7) is 6.22. The molecule has 98 valence electrons. The predicted octanol–water partition coefficient (Wildman–Crippen LogP) is 2.56.